The summed E-state index contributed by atoms with van der Waals surface area (Å²) in [5.74, 6) is 0.119. The van der Waals surface area contributed by atoms with Gasteiger partial charge in [0.05, 0.1) is 6.54 Å². The lowest BCUT2D eigenvalue weighted by molar-refractivity contribution is -0.120. The Balaban J connectivity index is 1.56. The van der Waals surface area contributed by atoms with Gasteiger partial charge in [0.1, 0.15) is 5.60 Å². The van der Waals surface area contributed by atoms with Gasteiger partial charge in [-0.3, -0.25) is 9.69 Å². The van der Waals surface area contributed by atoms with Crippen molar-refractivity contribution in [1.82, 2.24) is 9.80 Å². The molecule has 1 saturated heterocycles. The van der Waals surface area contributed by atoms with Gasteiger partial charge in [0, 0.05) is 42.4 Å². The van der Waals surface area contributed by atoms with Gasteiger partial charge in [0.2, 0.25) is 5.91 Å². The fourth-order valence-electron chi connectivity index (χ4n) is 3.67. The molecule has 1 atom stereocenters. The third-order valence-corrected chi connectivity index (χ3v) is 5.43. The van der Waals surface area contributed by atoms with Gasteiger partial charge in [-0.25, -0.2) is 4.79 Å². The molecule has 0 radical (unpaired) electrons. The molecule has 0 spiro atoms. The number of ether oxygens (including phenoxy) is 1. The predicted octanol–water partition coefficient (Wildman–Crippen LogP) is 3.28. The second-order valence-corrected chi connectivity index (χ2v) is 9.24. The number of carbonyl (C=O) groups is 2. The fourth-order valence-corrected chi connectivity index (χ4v) is 4.08. The van der Waals surface area contributed by atoms with E-state index >= 15 is 0 Å². The average Bonchev–Trinajstić information content (AvgIpc) is 2.96. The van der Waals surface area contributed by atoms with Crippen molar-refractivity contribution in [3.63, 3.8) is 0 Å². The van der Waals surface area contributed by atoms with Gasteiger partial charge in [-0.15, -0.1) is 0 Å². The Hall–Kier alpha value is -1.60. The van der Waals surface area contributed by atoms with Gasteiger partial charge >= 0.3 is 6.09 Å². The maximum atomic E-state index is 12.8. The topological polar surface area (TPSA) is 53.1 Å². The Morgan fingerprint density at radius 2 is 1.96 bits per heavy atom. The summed E-state index contributed by atoms with van der Waals surface area (Å²) in [5, 5.41) is 0. The molecule has 0 N–H and O–H groups in total. The van der Waals surface area contributed by atoms with Crippen LogP contribution in [-0.4, -0.2) is 66.2 Å². The van der Waals surface area contributed by atoms with Crippen molar-refractivity contribution in [2.45, 2.75) is 45.8 Å². The average molecular weight is 438 g/mol. The number of nitrogens with zero attached hydrogens (tertiary/aromatic N) is 3. The summed E-state index contributed by atoms with van der Waals surface area (Å²) in [6.45, 7) is 10.7. The van der Waals surface area contributed by atoms with Crippen LogP contribution in [0.2, 0.25) is 0 Å². The van der Waals surface area contributed by atoms with Gasteiger partial charge in [-0.05, 0) is 57.9 Å². The van der Waals surface area contributed by atoms with E-state index in [0.717, 1.165) is 23.1 Å². The minimum absolute atomic E-state index is 0.0169. The van der Waals surface area contributed by atoms with Crippen molar-refractivity contribution in [3.05, 3.63) is 28.2 Å². The predicted molar refractivity (Wildman–Crippen MR) is 109 cm³/mol. The highest BCUT2D eigenvalue weighted by atomic mass is 79.9. The lowest BCUT2D eigenvalue weighted by atomic mass is 10.2. The Kier molecular flexibility index (Phi) is 5.82. The summed E-state index contributed by atoms with van der Waals surface area (Å²) < 4.78 is 6.53. The molecule has 2 aliphatic heterocycles. The van der Waals surface area contributed by atoms with E-state index in [9.17, 15) is 9.59 Å². The van der Waals surface area contributed by atoms with E-state index < -0.39 is 5.60 Å². The van der Waals surface area contributed by atoms with Crippen LogP contribution in [0.25, 0.3) is 0 Å². The molecule has 7 heteroatoms. The zero-order chi connectivity index (χ0) is 19.8. The number of anilines is 1. The summed E-state index contributed by atoms with van der Waals surface area (Å²) in [6.07, 6.45) is 0.614. The summed E-state index contributed by atoms with van der Waals surface area (Å²) in [4.78, 5) is 30.9. The molecule has 1 aromatic rings. The Morgan fingerprint density at radius 3 is 2.63 bits per heavy atom. The van der Waals surface area contributed by atoms with Crippen LogP contribution in [0.4, 0.5) is 10.5 Å². The van der Waals surface area contributed by atoms with E-state index in [1.165, 1.54) is 5.56 Å². The number of amides is 2. The molecule has 27 heavy (non-hydrogen) atoms. The quantitative estimate of drug-likeness (QED) is 0.712. The number of fused-ring (bicyclic) bond motifs is 1. The summed E-state index contributed by atoms with van der Waals surface area (Å²) in [7, 11) is 0. The van der Waals surface area contributed by atoms with Gasteiger partial charge in [-0.1, -0.05) is 15.9 Å². The highest BCUT2D eigenvalue weighted by molar-refractivity contribution is 9.10. The summed E-state index contributed by atoms with van der Waals surface area (Å²) >= 11 is 3.49. The molecule has 0 saturated carbocycles. The SMILES string of the molecule is C[C@@H]1CN(CC(=O)N2CCc3cc(Br)ccc32)CCN1C(=O)OC(C)(C)C. The summed E-state index contributed by atoms with van der Waals surface area (Å²) in [5.41, 5.74) is 1.73. The van der Waals surface area contributed by atoms with Crippen LogP contribution < -0.4 is 4.90 Å². The number of piperazine rings is 1. The molecular formula is C20H28BrN3O3. The highest BCUT2D eigenvalue weighted by Gasteiger charge is 2.33. The van der Waals surface area contributed by atoms with E-state index in [-0.39, 0.29) is 18.0 Å². The first-order chi connectivity index (χ1) is 12.6. The van der Waals surface area contributed by atoms with E-state index in [2.05, 4.69) is 26.9 Å². The van der Waals surface area contributed by atoms with Gasteiger partial charge < -0.3 is 14.5 Å². The number of hydrogen-bond acceptors (Lipinski definition) is 4. The number of hydrogen-bond donors (Lipinski definition) is 0. The van der Waals surface area contributed by atoms with Crippen molar-refractivity contribution in [1.29, 1.82) is 0 Å². The second kappa shape index (κ2) is 7.80. The third-order valence-electron chi connectivity index (χ3n) is 4.94. The molecule has 3 rings (SSSR count). The van der Waals surface area contributed by atoms with Gasteiger partial charge in [0.25, 0.3) is 0 Å². The Labute approximate surface area is 169 Å². The van der Waals surface area contributed by atoms with Crippen molar-refractivity contribution in [3.8, 4) is 0 Å². The Bertz CT molecular complexity index is 732. The smallest absolute Gasteiger partial charge is 0.410 e. The van der Waals surface area contributed by atoms with E-state index in [1.807, 2.05) is 44.7 Å². The first-order valence-corrected chi connectivity index (χ1v) is 10.2. The molecule has 0 bridgehead atoms. The van der Waals surface area contributed by atoms with Gasteiger partial charge in [-0.2, -0.15) is 0 Å². The Morgan fingerprint density at radius 1 is 1.22 bits per heavy atom. The lowest BCUT2D eigenvalue weighted by Crippen LogP contribution is -2.56. The number of halogens is 1. The van der Waals surface area contributed by atoms with Crippen molar-refractivity contribution in [2.24, 2.45) is 0 Å². The molecule has 1 fully saturated rings. The minimum Gasteiger partial charge on any atom is -0.444 e. The van der Waals surface area contributed by atoms with E-state index in [1.54, 1.807) is 4.90 Å². The van der Waals surface area contributed by atoms with Crippen LogP contribution in [-0.2, 0) is 16.0 Å². The molecule has 2 heterocycles. The molecule has 0 aliphatic carbocycles. The zero-order valence-electron chi connectivity index (χ0n) is 16.5. The number of carbonyl (C=O) groups excluding carboxylic acids is 2. The van der Waals surface area contributed by atoms with Crippen LogP contribution in [0.1, 0.15) is 33.3 Å². The first kappa shape index (κ1) is 20.1. The normalized spacial score (nSPS) is 20.6. The number of rotatable bonds is 2. The first-order valence-electron chi connectivity index (χ1n) is 9.45. The standard InChI is InChI=1S/C20H28BrN3O3/c1-14-12-22(9-10-23(14)19(26)27-20(2,3)4)13-18(25)24-8-7-15-11-16(21)5-6-17(15)24/h5-6,11,14H,7-10,12-13H2,1-4H3/t14-/m1/s1. The van der Waals surface area contributed by atoms with Crippen LogP contribution in [0.5, 0.6) is 0 Å². The lowest BCUT2D eigenvalue weighted by Gasteiger charge is -2.40. The highest BCUT2D eigenvalue weighted by Crippen LogP contribution is 2.30. The maximum Gasteiger partial charge on any atom is 0.410 e. The number of benzene rings is 1. The van der Waals surface area contributed by atoms with E-state index in [0.29, 0.717) is 26.2 Å². The molecule has 1 aromatic carbocycles. The minimum atomic E-state index is -0.498. The molecule has 148 valence electrons. The monoisotopic (exact) mass is 437 g/mol. The van der Waals surface area contributed by atoms with Crippen LogP contribution in [0.15, 0.2) is 22.7 Å². The molecular weight excluding hydrogens is 410 g/mol. The van der Waals surface area contributed by atoms with Crippen molar-refractivity contribution < 1.29 is 14.3 Å². The second-order valence-electron chi connectivity index (χ2n) is 8.33. The third kappa shape index (κ3) is 4.82. The summed E-state index contributed by atoms with van der Waals surface area (Å²) in [6, 6.07) is 6.09. The fraction of sp³-hybridized carbons (Fsp3) is 0.600. The van der Waals surface area contributed by atoms with Gasteiger partial charge in [0.15, 0.2) is 0 Å². The molecule has 2 amide bonds. The van der Waals surface area contributed by atoms with Crippen molar-refractivity contribution in [2.75, 3.05) is 37.6 Å². The van der Waals surface area contributed by atoms with E-state index in [4.69, 9.17) is 4.74 Å². The largest absolute Gasteiger partial charge is 0.444 e. The zero-order valence-corrected chi connectivity index (χ0v) is 18.1. The van der Waals surface area contributed by atoms with Crippen LogP contribution in [0, 0.1) is 0 Å². The maximum absolute atomic E-state index is 12.8. The van der Waals surface area contributed by atoms with Crippen LogP contribution >= 0.6 is 15.9 Å². The molecule has 0 aromatic heterocycles. The molecule has 0 unspecified atom stereocenters. The van der Waals surface area contributed by atoms with Crippen LogP contribution in [0.3, 0.4) is 0 Å². The molecule has 2 aliphatic rings. The molecule has 6 nitrogen and oxygen atoms in total. The van der Waals surface area contributed by atoms with Crippen molar-refractivity contribution >= 4 is 33.6 Å².